The molecule has 0 bridgehead atoms. The van der Waals surface area contributed by atoms with Crippen LogP contribution in [0.2, 0.25) is 0 Å². The molecule has 3 aromatic carbocycles. The number of carbonyl (C=O) groups is 3. The van der Waals surface area contributed by atoms with E-state index >= 15 is 0 Å². The molecule has 0 saturated carbocycles. The van der Waals surface area contributed by atoms with Crippen LogP contribution in [0.25, 0.3) is 0 Å². The average molecular weight is 529 g/mol. The Morgan fingerprint density at radius 1 is 0.897 bits per heavy atom. The summed E-state index contributed by atoms with van der Waals surface area (Å²) in [5, 5.41) is 3.53. The van der Waals surface area contributed by atoms with E-state index in [9.17, 15) is 14.4 Å². The maximum atomic E-state index is 13.7. The number of fused-ring (bicyclic) bond motifs is 1. The molecule has 0 spiro atoms. The van der Waals surface area contributed by atoms with Crippen LogP contribution in [0.4, 0.5) is 17.1 Å². The first-order valence-electron chi connectivity index (χ1n) is 13.3. The van der Waals surface area contributed by atoms with E-state index in [-0.39, 0.29) is 30.4 Å². The molecule has 1 aliphatic heterocycles. The van der Waals surface area contributed by atoms with Gasteiger partial charge in [0.25, 0.3) is 5.91 Å². The van der Waals surface area contributed by atoms with Crippen molar-refractivity contribution >= 4 is 34.8 Å². The Balaban J connectivity index is 1.58. The summed E-state index contributed by atoms with van der Waals surface area (Å²) in [4.78, 5) is 41.8. The molecule has 0 saturated heterocycles. The Kier molecular flexibility index (Phi) is 8.99. The Morgan fingerprint density at radius 2 is 1.56 bits per heavy atom. The molecule has 1 aliphatic rings. The number of anilines is 3. The first-order valence-corrected chi connectivity index (χ1v) is 13.3. The maximum absolute atomic E-state index is 13.7. The quantitative estimate of drug-likeness (QED) is 0.382. The van der Waals surface area contributed by atoms with Crippen LogP contribution >= 0.6 is 0 Å². The molecule has 1 heterocycles. The zero-order valence-electron chi connectivity index (χ0n) is 23.0. The van der Waals surface area contributed by atoms with Gasteiger partial charge in [-0.3, -0.25) is 19.4 Å². The van der Waals surface area contributed by atoms with Gasteiger partial charge in [-0.05, 0) is 62.2 Å². The van der Waals surface area contributed by atoms with E-state index in [1.54, 1.807) is 36.1 Å². The summed E-state index contributed by atoms with van der Waals surface area (Å²) < 4.78 is 6.01. The maximum Gasteiger partial charge on any atom is 0.258 e. The van der Waals surface area contributed by atoms with Gasteiger partial charge in [-0.15, -0.1) is 0 Å². The van der Waals surface area contributed by atoms with Gasteiger partial charge >= 0.3 is 0 Å². The number of carbonyl (C=O) groups excluding carboxylic acids is 3. The van der Waals surface area contributed by atoms with E-state index in [1.165, 1.54) is 11.8 Å². The lowest BCUT2D eigenvalue weighted by Gasteiger charge is -2.35. The van der Waals surface area contributed by atoms with Crippen molar-refractivity contribution in [3.63, 3.8) is 0 Å². The second-order valence-corrected chi connectivity index (χ2v) is 9.67. The third-order valence-corrected chi connectivity index (χ3v) is 6.83. The van der Waals surface area contributed by atoms with E-state index < -0.39 is 0 Å². The molecule has 8 nitrogen and oxygen atoms in total. The van der Waals surface area contributed by atoms with Crippen LogP contribution in [0.5, 0.6) is 0 Å². The molecule has 1 unspecified atom stereocenters. The summed E-state index contributed by atoms with van der Waals surface area (Å²) >= 11 is 0. The molecule has 3 amide bonds. The first-order chi connectivity index (χ1) is 18.8. The van der Waals surface area contributed by atoms with Gasteiger partial charge in [0.1, 0.15) is 6.61 Å². The highest BCUT2D eigenvalue weighted by molar-refractivity contribution is 6.07. The van der Waals surface area contributed by atoms with E-state index in [1.807, 2.05) is 78.7 Å². The third kappa shape index (κ3) is 6.29. The first kappa shape index (κ1) is 27.9. The molecule has 0 aliphatic carbocycles. The summed E-state index contributed by atoms with van der Waals surface area (Å²) in [6, 6.07) is 24.6. The molecule has 0 N–H and O–H groups in total. The summed E-state index contributed by atoms with van der Waals surface area (Å²) in [7, 11) is 3.41. The van der Waals surface area contributed by atoms with Crippen molar-refractivity contribution in [2.24, 2.45) is 0 Å². The monoisotopic (exact) mass is 528 g/mol. The molecule has 4 rings (SSSR count). The Hall–Kier alpha value is -4.17. The normalized spacial score (nSPS) is 14.7. The summed E-state index contributed by atoms with van der Waals surface area (Å²) in [6.07, 6.45) is 1.17. The topological polar surface area (TPSA) is 73.4 Å². The highest BCUT2D eigenvalue weighted by Crippen LogP contribution is 2.36. The van der Waals surface area contributed by atoms with Crippen molar-refractivity contribution < 1.29 is 19.1 Å². The molecule has 3 aromatic rings. The molecule has 0 fully saturated rings. The Labute approximate surface area is 230 Å². The second kappa shape index (κ2) is 12.6. The fraction of sp³-hybridized carbons (Fsp3) is 0.323. The number of hydrazine groups is 1. The second-order valence-electron chi connectivity index (χ2n) is 9.67. The number of hydrogen-bond acceptors (Lipinski definition) is 5. The molecule has 0 aromatic heterocycles. The summed E-state index contributed by atoms with van der Waals surface area (Å²) in [5.74, 6) is -0.345. The lowest BCUT2D eigenvalue weighted by atomic mass is 10.0. The van der Waals surface area contributed by atoms with Gasteiger partial charge in [0.15, 0.2) is 0 Å². The zero-order chi connectivity index (χ0) is 27.9. The van der Waals surface area contributed by atoms with Crippen molar-refractivity contribution in [1.82, 2.24) is 4.90 Å². The predicted molar refractivity (Wildman–Crippen MR) is 154 cm³/mol. The third-order valence-electron chi connectivity index (χ3n) is 6.83. The minimum Gasteiger partial charge on any atom is -0.364 e. The molecule has 0 radical (unpaired) electrons. The minimum atomic E-state index is -0.271. The highest BCUT2D eigenvalue weighted by Gasteiger charge is 2.28. The number of hydrogen-bond donors (Lipinski definition) is 0. The number of likely N-dealkylation sites (N-methyl/N-ethyl adjacent to an activating group) is 1. The summed E-state index contributed by atoms with van der Waals surface area (Å²) in [5.41, 5.74) is 3.80. The van der Waals surface area contributed by atoms with Gasteiger partial charge in [-0.1, -0.05) is 36.4 Å². The standard InChI is InChI=1S/C31H36N4O4/c1-5-34(25-12-7-6-8-13-25)35(23(2)36)26-19-17-24(18-20-26)31(38)33-21-11-16-29(39-22-30(37)32(3)4)27-14-9-10-15-28(27)33/h6-10,12-15,17-20,29H,5,11,16,21-22H2,1-4H3. The Bertz CT molecular complexity index is 1290. The van der Waals surface area contributed by atoms with Crippen molar-refractivity contribution in [2.45, 2.75) is 32.8 Å². The van der Waals surface area contributed by atoms with Crippen molar-refractivity contribution in [3.05, 3.63) is 90.0 Å². The fourth-order valence-electron chi connectivity index (χ4n) is 4.83. The fourth-order valence-corrected chi connectivity index (χ4v) is 4.83. The number of nitrogens with zero attached hydrogens (tertiary/aromatic N) is 4. The van der Waals surface area contributed by atoms with Crippen LogP contribution in [-0.2, 0) is 14.3 Å². The minimum absolute atomic E-state index is 0.00812. The number of rotatable bonds is 8. The van der Waals surface area contributed by atoms with Crippen LogP contribution in [-0.4, -0.2) is 56.4 Å². The number of amides is 3. The van der Waals surface area contributed by atoms with Crippen molar-refractivity contribution in [2.75, 3.05) is 48.7 Å². The van der Waals surface area contributed by atoms with Crippen LogP contribution in [0, 0.1) is 0 Å². The van der Waals surface area contributed by atoms with Crippen molar-refractivity contribution in [1.29, 1.82) is 0 Å². The van der Waals surface area contributed by atoms with Gasteiger partial charge in [0, 0.05) is 50.9 Å². The van der Waals surface area contributed by atoms with Gasteiger partial charge in [-0.2, -0.15) is 0 Å². The number of ether oxygens (including phenoxy) is 1. The van der Waals surface area contributed by atoms with Crippen LogP contribution in [0.3, 0.4) is 0 Å². The molecule has 39 heavy (non-hydrogen) atoms. The molecule has 1 atom stereocenters. The van der Waals surface area contributed by atoms with Gasteiger partial charge in [0.2, 0.25) is 11.8 Å². The van der Waals surface area contributed by atoms with E-state index in [4.69, 9.17) is 4.74 Å². The molecular weight excluding hydrogens is 492 g/mol. The lowest BCUT2D eigenvalue weighted by Crippen LogP contribution is -2.46. The SMILES string of the molecule is CCN(c1ccccc1)N(C(C)=O)c1ccc(C(=O)N2CCCC(OCC(=O)N(C)C)c3ccccc32)cc1. The lowest BCUT2D eigenvalue weighted by molar-refractivity contribution is -0.135. The van der Waals surface area contributed by atoms with Gasteiger partial charge < -0.3 is 14.5 Å². The number of benzene rings is 3. The average Bonchev–Trinajstić information content (AvgIpc) is 3.14. The van der Waals surface area contributed by atoms with Crippen LogP contribution < -0.4 is 14.9 Å². The summed E-state index contributed by atoms with van der Waals surface area (Å²) in [6.45, 7) is 4.65. The van der Waals surface area contributed by atoms with Gasteiger partial charge in [0.05, 0.1) is 17.5 Å². The van der Waals surface area contributed by atoms with Crippen LogP contribution in [0.1, 0.15) is 48.7 Å². The predicted octanol–water partition coefficient (Wildman–Crippen LogP) is 5.07. The highest BCUT2D eigenvalue weighted by atomic mass is 16.5. The van der Waals surface area contributed by atoms with Crippen LogP contribution in [0.15, 0.2) is 78.9 Å². The van der Waals surface area contributed by atoms with E-state index in [2.05, 4.69) is 0 Å². The smallest absolute Gasteiger partial charge is 0.258 e. The van der Waals surface area contributed by atoms with Gasteiger partial charge in [-0.25, -0.2) is 5.01 Å². The van der Waals surface area contributed by atoms with E-state index in [0.717, 1.165) is 23.4 Å². The largest absolute Gasteiger partial charge is 0.364 e. The molecule has 8 heteroatoms. The van der Waals surface area contributed by atoms with E-state index in [0.29, 0.717) is 30.8 Å². The number of para-hydroxylation sites is 2. The molecule has 204 valence electrons. The zero-order valence-corrected chi connectivity index (χ0v) is 23.0. The Morgan fingerprint density at radius 3 is 2.21 bits per heavy atom. The van der Waals surface area contributed by atoms with Crippen molar-refractivity contribution in [3.8, 4) is 0 Å². The molecular formula is C31H36N4O4.